The lowest BCUT2D eigenvalue weighted by molar-refractivity contribution is -0.114. The number of likely N-dealkylation sites (tertiary alicyclic amines) is 1. The van der Waals surface area contributed by atoms with Gasteiger partial charge in [-0.3, -0.25) is 9.59 Å². The number of anilines is 1. The number of halogens is 1. The number of amides is 2. The summed E-state index contributed by atoms with van der Waals surface area (Å²) in [6, 6.07) is 14.7. The Bertz CT molecular complexity index is 1060. The highest BCUT2D eigenvalue weighted by Gasteiger charge is 2.29. The zero-order valence-corrected chi connectivity index (χ0v) is 18.1. The van der Waals surface area contributed by atoms with Crippen LogP contribution in [0.4, 0.5) is 5.69 Å². The van der Waals surface area contributed by atoms with Crippen LogP contribution in [0.3, 0.4) is 0 Å². The molecule has 1 fully saturated rings. The van der Waals surface area contributed by atoms with Gasteiger partial charge in [-0.2, -0.15) is 4.98 Å². The number of hydrogen-bond acceptors (Lipinski definition) is 5. The van der Waals surface area contributed by atoms with E-state index in [4.69, 9.17) is 4.52 Å². The van der Waals surface area contributed by atoms with Crippen LogP contribution in [0.25, 0.3) is 11.4 Å². The molecule has 1 N–H and O–H groups in total. The Labute approximate surface area is 182 Å². The first kappa shape index (κ1) is 20.3. The maximum atomic E-state index is 12.9. The first-order valence-electron chi connectivity index (χ1n) is 9.76. The molecule has 2 aromatic carbocycles. The third-order valence-electron chi connectivity index (χ3n) is 5.07. The summed E-state index contributed by atoms with van der Waals surface area (Å²) in [6.07, 6.45) is 1.77. The maximum Gasteiger partial charge on any atom is 0.255 e. The highest BCUT2D eigenvalue weighted by molar-refractivity contribution is 9.10. The van der Waals surface area contributed by atoms with Gasteiger partial charge in [0.1, 0.15) is 0 Å². The van der Waals surface area contributed by atoms with E-state index < -0.39 is 0 Å². The molecule has 7 nitrogen and oxygen atoms in total. The number of benzene rings is 2. The topological polar surface area (TPSA) is 88.3 Å². The minimum absolute atomic E-state index is 0.000439. The smallest absolute Gasteiger partial charge is 0.255 e. The van der Waals surface area contributed by atoms with Gasteiger partial charge in [-0.25, -0.2) is 0 Å². The fraction of sp³-hybridized carbons (Fsp3) is 0.273. The molecule has 1 atom stereocenters. The van der Waals surface area contributed by atoms with E-state index in [9.17, 15) is 9.59 Å². The molecule has 8 heteroatoms. The second kappa shape index (κ2) is 8.79. The van der Waals surface area contributed by atoms with Gasteiger partial charge in [0.25, 0.3) is 5.91 Å². The van der Waals surface area contributed by atoms with Crippen molar-refractivity contribution in [1.29, 1.82) is 0 Å². The summed E-state index contributed by atoms with van der Waals surface area (Å²) >= 11 is 3.46. The number of carbonyl (C=O) groups excluding carboxylic acids is 2. The van der Waals surface area contributed by atoms with E-state index in [2.05, 4.69) is 31.4 Å². The highest BCUT2D eigenvalue weighted by Crippen LogP contribution is 2.29. The molecule has 1 aliphatic rings. The summed E-state index contributed by atoms with van der Waals surface area (Å²) in [4.78, 5) is 30.5. The third-order valence-corrected chi connectivity index (χ3v) is 5.76. The van der Waals surface area contributed by atoms with Crippen LogP contribution in [-0.2, 0) is 4.79 Å². The second-order valence-electron chi connectivity index (χ2n) is 7.28. The minimum atomic E-state index is -0.122. The van der Waals surface area contributed by atoms with Crippen molar-refractivity contribution in [3.8, 4) is 11.4 Å². The normalized spacial score (nSPS) is 16.3. The summed E-state index contributed by atoms with van der Waals surface area (Å²) < 4.78 is 6.32. The zero-order valence-electron chi connectivity index (χ0n) is 16.5. The van der Waals surface area contributed by atoms with Gasteiger partial charge in [0.15, 0.2) is 0 Å². The van der Waals surface area contributed by atoms with Crippen LogP contribution in [-0.4, -0.2) is 39.9 Å². The molecular formula is C22H21BrN4O3. The molecule has 30 heavy (non-hydrogen) atoms. The Morgan fingerprint density at radius 3 is 2.67 bits per heavy atom. The lowest BCUT2D eigenvalue weighted by Gasteiger charge is -2.31. The van der Waals surface area contributed by atoms with Gasteiger partial charge < -0.3 is 14.7 Å². The van der Waals surface area contributed by atoms with Gasteiger partial charge in [0.05, 0.1) is 11.5 Å². The van der Waals surface area contributed by atoms with E-state index in [1.807, 2.05) is 41.3 Å². The van der Waals surface area contributed by atoms with E-state index in [0.29, 0.717) is 36.1 Å². The summed E-state index contributed by atoms with van der Waals surface area (Å²) in [5, 5.41) is 6.84. The number of nitrogens with one attached hydrogen (secondary N) is 1. The van der Waals surface area contributed by atoms with Crippen LogP contribution >= 0.6 is 15.9 Å². The Balaban J connectivity index is 1.47. The van der Waals surface area contributed by atoms with E-state index in [-0.39, 0.29) is 17.7 Å². The number of nitrogens with zero attached hydrogens (tertiary/aromatic N) is 3. The number of piperidine rings is 1. The van der Waals surface area contributed by atoms with E-state index in [1.165, 1.54) is 6.92 Å². The molecule has 0 saturated carbocycles. The molecule has 4 rings (SSSR count). The monoisotopic (exact) mass is 468 g/mol. The van der Waals surface area contributed by atoms with Gasteiger partial charge >= 0.3 is 0 Å². The molecule has 1 aromatic heterocycles. The van der Waals surface area contributed by atoms with Gasteiger partial charge in [0.2, 0.25) is 17.6 Å². The first-order valence-corrected chi connectivity index (χ1v) is 10.6. The molecule has 3 aromatic rings. The Kier molecular flexibility index (Phi) is 5.94. The first-order chi connectivity index (χ1) is 14.5. The molecule has 2 heterocycles. The van der Waals surface area contributed by atoms with Crippen molar-refractivity contribution >= 4 is 33.4 Å². The van der Waals surface area contributed by atoms with Gasteiger partial charge in [-0.05, 0) is 65.2 Å². The quantitative estimate of drug-likeness (QED) is 0.609. The van der Waals surface area contributed by atoms with E-state index >= 15 is 0 Å². The van der Waals surface area contributed by atoms with Gasteiger partial charge in [0, 0.05) is 35.7 Å². The van der Waals surface area contributed by atoms with Crippen LogP contribution in [0.2, 0.25) is 0 Å². The third kappa shape index (κ3) is 4.43. The van der Waals surface area contributed by atoms with Crippen LogP contribution in [0.1, 0.15) is 41.9 Å². The number of rotatable bonds is 4. The second-order valence-corrected chi connectivity index (χ2v) is 8.14. The van der Waals surface area contributed by atoms with Crippen molar-refractivity contribution in [1.82, 2.24) is 15.0 Å². The molecule has 0 bridgehead atoms. The van der Waals surface area contributed by atoms with Crippen LogP contribution in [0.15, 0.2) is 57.5 Å². The number of hydrogen-bond donors (Lipinski definition) is 1. The predicted octanol–water partition coefficient (Wildman–Crippen LogP) is 4.48. The molecule has 154 valence electrons. The van der Waals surface area contributed by atoms with E-state index in [1.54, 1.807) is 12.1 Å². The van der Waals surface area contributed by atoms with Crippen molar-refractivity contribution in [3.05, 3.63) is 64.5 Å². The Morgan fingerprint density at radius 1 is 1.17 bits per heavy atom. The number of aromatic nitrogens is 2. The molecular weight excluding hydrogens is 448 g/mol. The Morgan fingerprint density at radius 2 is 1.93 bits per heavy atom. The fourth-order valence-electron chi connectivity index (χ4n) is 3.59. The van der Waals surface area contributed by atoms with Gasteiger partial charge in [-0.15, -0.1) is 0 Å². The summed E-state index contributed by atoms with van der Waals surface area (Å²) in [7, 11) is 0. The Hall–Kier alpha value is -3.00. The highest BCUT2D eigenvalue weighted by atomic mass is 79.9. The van der Waals surface area contributed by atoms with Crippen molar-refractivity contribution in [3.63, 3.8) is 0 Å². The van der Waals surface area contributed by atoms with Gasteiger partial charge in [-0.1, -0.05) is 17.3 Å². The standard InChI is InChI=1S/C22H21BrN4O3/c1-14(28)24-17-10-8-15(9-11-17)20-25-21(30-26-20)16-5-4-12-27(13-16)22(29)18-6-2-3-7-19(18)23/h2-3,6-11,16H,4-5,12-13H2,1H3,(H,24,28)/t16-/m0/s1. The molecule has 2 amide bonds. The number of carbonyl (C=O) groups is 2. The molecule has 1 saturated heterocycles. The summed E-state index contributed by atoms with van der Waals surface area (Å²) in [6.45, 7) is 2.72. The predicted molar refractivity (Wildman–Crippen MR) is 116 cm³/mol. The van der Waals surface area contributed by atoms with Crippen molar-refractivity contribution < 1.29 is 14.1 Å². The van der Waals surface area contributed by atoms with Crippen molar-refractivity contribution in [2.45, 2.75) is 25.7 Å². The van der Waals surface area contributed by atoms with Crippen LogP contribution < -0.4 is 5.32 Å². The maximum absolute atomic E-state index is 12.9. The van der Waals surface area contributed by atoms with Crippen LogP contribution in [0.5, 0.6) is 0 Å². The van der Waals surface area contributed by atoms with Crippen molar-refractivity contribution in [2.24, 2.45) is 0 Å². The lowest BCUT2D eigenvalue weighted by Crippen LogP contribution is -2.39. The zero-order chi connectivity index (χ0) is 21.1. The SMILES string of the molecule is CC(=O)Nc1ccc(-c2noc([C@H]3CCCN(C(=O)c4ccccc4Br)C3)n2)cc1. The lowest BCUT2D eigenvalue weighted by atomic mass is 9.97. The fourth-order valence-corrected chi connectivity index (χ4v) is 4.05. The molecule has 0 spiro atoms. The molecule has 0 unspecified atom stereocenters. The summed E-state index contributed by atoms with van der Waals surface area (Å²) in [5.74, 6) is 0.920. The minimum Gasteiger partial charge on any atom is -0.339 e. The molecule has 0 aliphatic carbocycles. The molecule has 0 radical (unpaired) electrons. The largest absolute Gasteiger partial charge is 0.339 e. The molecule has 1 aliphatic heterocycles. The van der Waals surface area contributed by atoms with E-state index in [0.717, 1.165) is 22.9 Å². The van der Waals surface area contributed by atoms with Crippen molar-refractivity contribution in [2.75, 3.05) is 18.4 Å². The average Bonchev–Trinajstić information content (AvgIpc) is 3.24. The van der Waals surface area contributed by atoms with Crippen LogP contribution in [0, 0.1) is 0 Å². The average molecular weight is 469 g/mol. The summed E-state index contributed by atoms with van der Waals surface area (Å²) in [5.41, 5.74) is 2.17.